The number of furan rings is 2. The molecule has 0 spiro atoms. The Morgan fingerprint density at radius 3 is 1.48 bits per heavy atom. The van der Waals surface area contributed by atoms with Crippen molar-refractivity contribution in [2.75, 3.05) is 9.80 Å². The number of benzene rings is 10. The molecule has 10 aromatic carbocycles. The van der Waals surface area contributed by atoms with Crippen molar-refractivity contribution in [2.24, 2.45) is 0 Å². The molecule has 4 nitrogen and oxygen atoms in total. The van der Waals surface area contributed by atoms with Gasteiger partial charge in [0.05, 0.1) is 22.7 Å². The first-order chi connectivity index (χ1) is 31.2. The Morgan fingerprint density at radius 2 is 0.891 bits per heavy atom. The predicted molar refractivity (Wildman–Crippen MR) is 270 cm³/mol. The third-order valence-electron chi connectivity index (χ3n) is 14.4. The Balaban J connectivity index is 1.17. The Bertz CT molecular complexity index is 3880. The summed E-state index contributed by atoms with van der Waals surface area (Å²) in [6.45, 7) is 11.6. The summed E-state index contributed by atoms with van der Waals surface area (Å²) in [5.74, 6) is 0. The highest BCUT2D eigenvalue weighted by Crippen LogP contribution is 2.55. The molecular weight excluding hydrogens is 781 g/mol. The van der Waals surface area contributed by atoms with Crippen molar-refractivity contribution in [1.29, 1.82) is 0 Å². The third kappa shape index (κ3) is 5.17. The number of rotatable bonds is 6. The van der Waals surface area contributed by atoms with Crippen LogP contribution in [0.1, 0.15) is 48.1 Å². The van der Waals surface area contributed by atoms with Gasteiger partial charge in [0.15, 0.2) is 11.2 Å². The molecule has 0 aliphatic heterocycles. The lowest BCUT2D eigenvalue weighted by Gasteiger charge is -2.37. The standard InChI is InChI=1S/C60H46N2O2/c1-35-16-6-10-22-47(35)61(49-24-14-20-42-40-18-8-12-26-53(40)63-58(42)49)51-32-37(3)39-28-29-44-52(33-38-30-31-60(4,5)46-34-45(51)56(39)57(44)55(38)46)62(48-23-11-7-17-36(48)2)50-25-15-21-43-41-19-9-13-27-54(41)64-59(43)50/h6-29,32-34H,30-31H2,1-5H3. The minimum Gasteiger partial charge on any atom is -0.454 e. The summed E-state index contributed by atoms with van der Waals surface area (Å²) in [7, 11) is 0. The highest BCUT2D eigenvalue weighted by Gasteiger charge is 2.34. The van der Waals surface area contributed by atoms with Gasteiger partial charge in [-0.3, -0.25) is 0 Å². The Kier molecular flexibility index (Phi) is 7.80. The molecule has 12 aromatic rings. The van der Waals surface area contributed by atoms with Gasteiger partial charge in [0.2, 0.25) is 0 Å². The second-order valence-electron chi connectivity index (χ2n) is 18.7. The highest BCUT2D eigenvalue weighted by atomic mass is 16.3. The second kappa shape index (κ2) is 13.5. The van der Waals surface area contributed by atoms with Gasteiger partial charge in [-0.2, -0.15) is 0 Å². The maximum absolute atomic E-state index is 6.84. The summed E-state index contributed by atoms with van der Waals surface area (Å²) in [5.41, 5.74) is 16.6. The van der Waals surface area contributed by atoms with Crippen LogP contribution in [0.25, 0.3) is 76.2 Å². The van der Waals surface area contributed by atoms with Crippen molar-refractivity contribution >= 4 is 110 Å². The predicted octanol–water partition coefficient (Wildman–Crippen LogP) is 17.5. The van der Waals surface area contributed by atoms with Gasteiger partial charge in [0.1, 0.15) is 11.2 Å². The van der Waals surface area contributed by atoms with E-state index in [1.807, 2.05) is 0 Å². The van der Waals surface area contributed by atoms with Crippen LogP contribution in [-0.2, 0) is 11.8 Å². The van der Waals surface area contributed by atoms with Gasteiger partial charge in [0.25, 0.3) is 0 Å². The van der Waals surface area contributed by atoms with Gasteiger partial charge >= 0.3 is 0 Å². The molecule has 0 N–H and O–H groups in total. The third-order valence-corrected chi connectivity index (χ3v) is 14.4. The van der Waals surface area contributed by atoms with Crippen molar-refractivity contribution in [3.63, 3.8) is 0 Å². The van der Waals surface area contributed by atoms with E-state index in [1.165, 1.54) is 60.1 Å². The molecule has 308 valence electrons. The first-order valence-corrected chi connectivity index (χ1v) is 22.6. The fourth-order valence-electron chi connectivity index (χ4n) is 11.2. The van der Waals surface area contributed by atoms with E-state index in [2.05, 4.69) is 208 Å². The first kappa shape index (κ1) is 37.0. The smallest absolute Gasteiger partial charge is 0.159 e. The van der Waals surface area contributed by atoms with Crippen LogP contribution in [0.5, 0.6) is 0 Å². The lowest BCUT2D eigenvalue weighted by atomic mass is 9.70. The van der Waals surface area contributed by atoms with E-state index in [4.69, 9.17) is 8.83 Å². The number of nitrogens with zero attached hydrogens (tertiary/aromatic N) is 2. The Morgan fingerprint density at radius 1 is 0.391 bits per heavy atom. The fourth-order valence-corrected chi connectivity index (χ4v) is 11.2. The average molecular weight is 827 g/mol. The molecule has 0 atom stereocenters. The number of aryl methyl sites for hydroxylation is 4. The molecule has 0 saturated carbocycles. The van der Waals surface area contributed by atoms with Gasteiger partial charge in [-0.25, -0.2) is 0 Å². The zero-order chi connectivity index (χ0) is 43.0. The van der Waals surface area contributed by atoms with Gasteiger partial charge < -0.3 is 18.6 Å². The summed E-state index contributed by atoms with van der Waals surface area (Å²) < 4.78 is 13.7. The summed E-state index contributed by atoms with van der Waals surface area (Å²) in [6, 6.07) is 59.8. The van der Waals surface area contributed by atoms with E-state index in [-0.39, 0.29) is 5.41 Å². The number of para-hydroxylation sites is 6. The van der Waals surface area contributed by atoms with Crippen molar-refractivity contribution < 1.29 is 8.83 Å². The average Bonchev–Trinajstić information content (AvgIpc) is 3.89. The molecule has 0 unspecified atom stereocenters. The van der Waals surface area contributed by atoms with Crippen LogP contribution < -0.4 is 9.80 Å². The van der Waals surface area contributed by atoms with Crippen LogP contribution in [0.3, 0.4) is 0 Å². The lowest BCUT2D eigenvalue weighted by Crippen LogP contribution is -2.24. The molecule has 0 fully saturated rings. The van der Waals surface area contributed by atoms with Crippen LogP contribution in [0.4, 0.5) is 34.1 Å². The molecule has 1 aliphatic rings. The van der Waals surface area contributed by atoms with Crippen molar-refractivity contribution in [3.05, 3.63) is 192 Å². The van der Waals surface area contributed by atoms with Crippen molar-refractivity contribution in [1.82, 2.24) is 0 Å². The summed E-state index contributed by atoms with van der Waals surface area (Å²) in [5, 5.41) is 12.3. The molecule has 13 rings (SSSR count). The van der Waals surface area contributed by atoms with Gasteiger partial charge in [-0.1, -0.05) is 123 Å². The normalized spacial score (nSPS) is 13.7. The Labute approximate surface area is 371 Å². The van der Waals surface area contributed by atoms with Crippen LogP contribution in [0.2, 0.25) is 0 Å². The molecular formula is C60H46N2O2. The SMILES string of the molecule is Cc1ccccc1N(c1cc(C)c2ccc3c(N(c4ccccc4C)c4cccc5c4oc4ccccc45)cc4c5c(cc1c2c35)C(C)(C)CC4)c1cccc2c1oc1ccccc12. The molecule has 4 heteroatoms. The van der Waals surface area contributed by atoms with Crippen molar-refractivity contribution in [2.45, 2.75) is 52.9 Å². The van der Waals surface area contributed by atoms with Crippen LogP contribution in [0, 0.1) is 20.8 Å². The number of hydrogen-bond donors (Lipinski definition) is 0. The molecule has 0 saturated heterocycles. The highest BCUT2D eigenvalue weighted by molar-refractivity contribution is 6.31. The van der Waals surface area contributed by atoms with E-state index < -0.39 is 0 Å². The number of anilines is 6. The van der Waals surface area contributed by atoms with Gasteiger partial charge in [0, 0.05) is 49.1 Å². The first-order valence-electron chi connectivity index (χ1n) is 22.6. The van der Waals surface area contributed by atoms with E-state index in [0.29, 0.717) is 0 Å². The molecule has 2 heterocycles. The molecule has 0 bridgehead atoms. The maximum Gasteiger partial charge on any atom is 0.159 e. The van der Waals surface area contributed by atoms with Gasteiger partial charge in [-0.15, -0.1) is 0 Å². The van der Waals surface area contributed by atoms with E-state index >= 15 is 0 Å². The van der Waals surface area contributed by atoms with E-state index in [0.717, 1.165) is 90.8 Å². The molecule has 0 amide bonds. The van der Waals surface area contributed by atoms with E-state index in [9.17, 15) is 0 Å². The van der Waals surface area contributed by atoms with E-state index in [1.54, 1.807) is 0 Å². The quantitative estimate of drug-likeness (QED) is 0.156. The summed E-state index contributed by atoms with van der Waals surface area (Å²) in [4.78, 5) is 4.96. The van der Waals surface area contributed by atoms with Gasteiger partial charge in [-0.05, 0) is 138 Å². The monoisotopic (exact) mass is 826 g/mol. The van der Waals surface area contributed by atoms with Crippen LogP contribution in [-0.4, -0.2) is 0 Å². The second-order valence-corrected chi connectivity index (χ2v) is 18.7. The van der Waals surface area contributed by atoms with Crippen molar-refractivity contribution in [3.8, 4) is 0 Å². The number of fused-ring (bicyclic) bond motifs is 6. The zero-order valence-electron chi connectivity index (χ0n) is 36.7. The lowest BCUT2D eigenvalue weighted by molar-refractivity contribution is 0.475. The maximum atomic E-state index is 6.84. The summed E-state index contributed by atoms with van der Waals surface area (Å²) >= 11 is 0. The Hall–Kier alpha value is -7.56. The molecule has 2 aromatic heterocycles. The number of hydrogen-bond acceptors (Lipinski definition) is 4. The van der Waals surface area contributed by atoms with Crippen LogP contribution >= 0.6 is 0 Å². The fraction of sp³-hybridized carbons (Fsp3) is 0.133. The molecule has 64 heavy (non-hydrogen) atoms. The molecule has 0 radical (unpaired) electrons. The topological polar surface area (TPSA) is 32.8 Å². The largest absolute Gasteiger partial charge is 0.454 e. The van der Waals surface area contributed by atoms with Crippen LogP contribution in [0.15, 0.2) is 173 Å². The summed E-state index contributed by atoms with van der Waals surface area (Å²) in [6.07, 6.45) is 2.04. The zero-order valence-corrected chi connectivity index (χ0v) is 36.7. The molecule has 1 aliphatic carbocycles. The minimum atomic E-state index is -0.0503. The minimum absolute atomic E-state index is 0.0503.